The highest BCUT2D eigenvalue weighted by Crippen LogP contribution is 2.40. The predicted molar refractivity (Wildman–Crippen MR) is 112 cm³/mol. The molecule has 2 aliphatic heterocycles. The Morgan fingerprint density at radius 2 is 1.30 bits per heavy atom. The monoisotopic (exact) mass is 405 g/mol. The summed E-state index contributed by atoms with van der Waals surface area (Å²) < 4.78 is 0. The molecule has 0 amide bonds. The average Bonchev–Trinajstić information content (AvgIpc) is 3.04. The van der Waals surface area contributed by atoms with Crippen LogP contribution in [0.1, 0.15) is 24.0 Å². The van der Waals surface area contributed by atoms with E-state index in [1.165, 1.54) is 24.3 Å². The Morgan fingerprint density at radius 1 is 0.867 bits per heavy atom. The van der Waals surface area contributed by atoms with Crippen molar-refractivity contribution in [2.75, 3.05) is 7.05 Å². The predicted octanol–water partition coefficient (Wildman–Crippen LogP) is 4.02. The number of likely N-dealkylation sites (N-methyl/N-ethyl adjacent to an activating group) is 1. The zero-order valence-corrected chi connectivity index (χ0v) is 16.2. The second-order valence-electron chi connectivity index (χ2n) is 7.51. The normalized spacial score (nSPS) is 23.8. The molecule has 0 aliphatic carbocycles. The van der Waals surface area contributed by atoms with Crippen LogP contribution in [0.25, 0.3) is 12.2 Å². The summed E-state index contributed by atoms with van der Waals surface area (Å²) in [6, 6.07) is 12.3. The molecule has 4 rings (SSSR count). The summed E-state index contributed by atoms with van der Waals surface area (Å²) in [5, 5.41) is 22.1. The molecule has 0 saturated carbocycles. The molecule has 2 atom stereocenters. The molecule has 0 N–H and O–H groups in total. The van der Waals surface area contributed by atoms with Crippen molar-refractivity contribution >= 4 is 29.3 Å². The fourth-order valence-corrected chi connectivity index (χ4v) is 4.30. The molecule has 2 bridgehead atoms. The lowest BCUT2D eigenvalue weighted by Crippen LogP contribution is -2.43. The number of ketones is 1. The molecule has 2 fully saturated rings. The number of fused-ring (bicyclic) bond motifs is 2. The molecule has 2 unspecified atom stereocenters. The van der Waals surface area contributed by atoms with Crippen molar-refractivity contribution in [1.82, 2.24) is 4.90 Å². The number of Topliss-reactive ketones (excluding diaryl/α,β-unsaturated/α-hetero) is 1. The van der Waals surface area contributed by atoms with Crippen molar-refractivity contribution in [3.05, 3.63) is 91.0 Å². The fourth-order valence-electron chi connectivity index (χ4n) is 4.30. The molecule has 152 valence electrons. The Morgan fingerprint density at radius 3 is 1.70 bits per heavy atom. The summed E-state index contributed by atoms with van der Waals surface area (Å²) in [6.07, 6.45) is 5.05. The van der Waals surface area contributed by atoms with Crippen LogP contribution in [0.4, 0.5) is 11.4 Å². The van der Waals surface area contributed by atoms with Gasteiger partial charge in [-0.1, -0.05) is 24.3 Å². The SMILES string of the molecule is CN1C2CCC1/C(=C\c1cccc([N+](=O)[O-])c1)C(=O)/C2=C/c1cccc([N+](=O)[O-])c1. The van der Waals surface area contributed by atoms with E-state index in [0.717, 1.165) is 12.8 Å². The van der Waals surface area contributed by atoms with Gasteiger partial charge in [0.15, 0.2) is 5.78 Å². The van der Waals surface area contributed by atoms with E-state index in [2.05, 4.69) is 4.90 Å². The van der Waals surface area contributed by atoms with Gasteiger partial charge >= 0.3 is 0 Å². The van der Waals surface area contributed by atoms with Gasteiger partial charge in [-0.25, -0.2) is 0 Å². The van der Waals surface area contributed by atoms with Crippen molar-refractivity contribution in [1.29, 1.82) is 0 Å². The number of nitro benzene ring substituents is 2. The van der Waals surface area contributed by atoms with Crippen molar-refractivity contribution in [2.45, 2.75) is 24.9 Å². The van der Waals surface area contributed by atoms with E-state index in [9.17, 15) is 25.0 Å². The van der Waals surface area contributed by atoms with Crippen LogP contribution in [0.5, 0.6) is 0 Å². The first-order valence-corrected chi connectivity index (χ1v) is 9.54. The molecule has 30 heavy (non-hydrogen) atoms. The molecule has 2 heterocycles. The Balaban J connectivity index is 1.76. The van der Waals surface area contributed by atoms with Crippen LogP contribution in [0.2, 0.25) is 0 Å². The molecule has 8 heteroatoms. The number of piperidine rings is 1. The molecule has 0 spiro atoms. The van der Waals surface area contributed by atoms with E-state index >= 15 is 0 Å². The second kappa shape index (κ2) is 7.64. The number of carbonyl (C=O) groups excluding carboxylic acids is 1. The Hall–Kier alpha value is -3.65. The lowest BCUT2D eigenvalue weighted by Gasteiger charge is -2.34. The molecule has 2 saturated heterocycles. The van der Waals surface area contributed by atoms with Crippen molar-refractivity contribution < 1.29 is 14.6 Å². The number of nitrogens with zero attached hydrogens (tertiary/aromatic N) is 3. The maximum Gasteiger partial charge on any atom is 0.270 e. The van der Waals surface area contributed by atoms with E-state index in [0.29, 0.717) is 22.3 Å². The highest BCUT2D eigenvalue weighted by Gasteiger charge is 2.44. The molecule has 0 aromatic heterocycles. The second-order valence-corrected chi connectivity index (χ2v) is 7.51. The van der Waals surface area contributed by atoms with Gasteiger partial charge in [0.05, 0.1) is 9.85 Å². The highest BCUT2D eigenvalue weighted by molar-refractivity contribution is 6.16. The summed E-state index contributed by atoms with van der Waals surface area (Å²) in [6.45, 7) is 0. The van der Waals surface area contributed by atoms with E-state index in [4.69, 9.17) is 0 Å². The summed E-state index contributed by atoms with van der Waals surface area (Å²) >= 11 is 0. The van der Waals surface area contributed by atoms with Gasteiger partial charge in [0.2, 0.25) is 0 Å². The number of benzene rings is 2. The van der Waals surface area contributed by atoms with Gasteiger partial charge in [-0.15, -0.1) is 0 Å². The van der Waals surface area contributed by atoms with Crippen LogP contribution in [-0.4, -0.2) is 39.7 Å². The first-order chi connectivity index (χ1) is 14.3. The van der Waals surface area contributed by atoms with Crippen molar-refractivity contribution in [2.24, 2.45) is 0 Å². The zero-order chi connectivity index (χ0) is 21.4. The number of hydrogen-bond acceptors (Lipinski definition) is 6. The number of non-ortho nitro benzene ring substituents is 2. The van der Waals surface area contributed by atoms with E-state index in [-0.39, 0.29) is 29.2 Å². The molecular weight excluding hydrogens is 386 g/mol. The third-order valence-corrected chi connectivity index (χ3v) is 5.75. The molecule has 2 aromatic rings. The third kappa shape index (κ3) is 3.53. The number of carbonyl (C=O) groups is 1. The lowest BCUT2D eigenvalue weighted by atomic mass is 9.88. The minimum atomic E-state index is -0.462. The molecule has 2 aromatic carbocycles. The quantitative estimate of drug-likeness (QED) is 0.432. The smallest absolute Gasteiger partial charge is 0.270 e. The summed E-state index contributed by atoms with van der Waals surface area (Å²) in [7, 11) is 1.96. The third-order valence-electron chi connectivity index (χ3n) is 5.75. The number of rotatable bonds is 4. The fraction of sp³-hybridized carbons (Fsp3) is 0.227. The van der Waals surface area contributed by atoms with Gasteiger partial charge in [-0.2, -0.15) is 0 Å². The van der Waals surface area contributed by atoms with Crippen LogP contribution < -0.4 is 0 Å². The first kappa shape index (κ1) is 19.7. The molecule has 2 aliphatic rings. The minimum Gasteiger partial charge on any atom is -0.292 e. The lowest BCUT2D eigenvalue weighted by molar-refractivity contribution is -0.385. The van der Waals surface area contributed by atoms with Crippen molar-refractivity contribution in [3.63, 3.8) is 0 Å². The average molecular weight is 405 g/mol. The van der Waals surface area contributed by atoms with Crippen LogP contribution in [-0.2, 0) is 4.79 Å². The van der Waals surface area contributed by atoms with Gasteiger partial charge in [-0.3, -0.25) is 29.9 Å². The van der Waals surface area contributed by atoms with Crippen LogP contribution in [0.15, 0.2) is 59.7 Å². The Bertz CT molecular complexity index is 1040. The first-order valence-electron chi connectivity index (χ1n) is 9.54. The van der Waals surface area contributed by atoms with E-state index in [1.54, 1.807) is 36.4 Å². The minimum absolute atomic E-state index is 0.0300. The van der Waals surface area contributed by atoms with Crippen LogP contribution >= 0.6 is 0 Å². The van der Waals surface area contributed by atoms with Gasteiger partial charge in [0, 0.05) is 47.5 Å². The van der Waals surface area contributed by atoms with Crippen molar-refractivity contribution in [3.8, 4) is 0 Å². The Labute approximate surface area is 172 Å². The van der Waals surface area contributed by atoms with E-state index in [1.807, 2.05) is 7.05 Å². The molecular formula is C22H19N3O5. The summed E-state index contributed by atoms with van der Waals surface area (Å²) in [5.74, 6) is -0.112. The molecule has 0 radical (unpaired) electrons. The maximum atomic E-state index is 13.3. The van der Waals surface area contributed by atoms with Gasteiger partial charge in [-0.05, 0) is 43.2 Å². The van der Waals surface area contributed by atoms with Gasteiger partial charge in [0.1, 0.15) is 0 Å². The number of nitro groups is 2. The summed E-state index contributed by atoms with van der Waals surface area (Å²) in [5.41, 5.74) is 2.31. The molecule has 8 nitrogen and oxygen atoms in total. The Kier molecular flexibility index (Phi) is 5.01. The summed E-state index contributed by atoms with van der Waals surface area (Å²) in [4.78, 5) is 36.7. The van der Waals surface area contributed by atoms with Crippen LogP contribution in [0.3, 0.4) is 0 Å². The van der Waals surface area contributed by atoms with E-state index < -0.39 is 9.85 Å². The zero-order valence-electron chi connectivity index (χ0n) is 16.2. The topological polar surface area (TPSA) is 107 Å². The maximum absolute atomic E-state index is 13.3. The number of hydrogen-bond donors (Lipinski definition) is 0. The highest BCUT2D eigenvalue weighted by atomic mass is 16.6. The van der Waals surface area contributed by atoms with Gasteiger partial charge in [0.25, 0.3) is 11.4 Å². The standard InChI is InChI=1S/C22H19N3O5/c1-23-20-8-9-21(23)19(13-15-5-3-7-17(11-15)25(29)30)22(26)18(20)12-14-4-2-6-16(10-14)24(27)28/h2-7,10-13,20-21H,8-9H2,1H3/b18-12+,19-13+. The van der Waals surface area contributed by atoms with Gasteiger partial charge < -0.3 is 0 Å². The van der Waals surface area contributed by atoms with Crippen LogP contribution in [0, 0.1) is 20.2 Å². The largest absolute Gasteiger partial charge is 0.292 e.